The van der Waals surface area contributed by atoms with Gasteiger partial charge in [0.2, 0.25) is 0 Å². The number of hydrogen-bond donors (Lipinski definition) is 1. The van der Waals surface area contributed by atoms with Crippen LogP contribution in [0.25, 0.3) is 10.1 Å². The Morgan fingerprint density at radius 2 is 1.43 bits per heavy atom. The fourth-order valence-electron chi connectivity index (χ4n) is 6.08. The van der Waals surface area contributed by atoms with E-state index in [4.69, 9.17) is 13.6 Å². The monoisotopic (exact) mass is 662 g/mol. The number of unbranched alkanes of at least 4 members (excludes halogenated alkanes) is 3. The van der Waals surface area contributed by atoms with Crippen molar-refractivity contribution in [3.05, 3.63) is 35.2 Å². The zero-order valence-corrected chi connectivity index (χ0v) is 32.4. The van der Waals surface area contributed by atoms with Gasteiger partial charge in [0, 0.05) is 16.0 Å². The number of aliphatic hydroxyl groups excluding tert-OH is 1. The van der Waals surface area contributed by atoms with Gasteiger partial charge in [0.15, 0.2) is 16.6 Å². The highest BCUT2D eigenvalue weighted by molar-refractivity contribution is 7.19. The van der Waals surface area contributed by atoms with Crippen molar-refractivity contribution >= 4 is 44.0 Å². The van der Waals surface area contributed by atoms with Gasteiger partial charge in [0.1, 0.15) is 0 Å². The molecule has 1 N–H and O–H groups in total. The van der Waals surface area contributed by atoms with Crippen LogP contribution in [0.15, 0.2) is 30.3 Å². The Bertz CT molecular complexity index is 1160. The Morgan fingerprint density at radius 1 is 0.886 bits per heavy atom. The fourth-order valence-corrected chi connectivity index (χ4v) is 9.92. The number of thiophene rings is 1. The molecule has 1 aliphatic carbocycles. The highest BCUT2D eigenvalue weighted by atomic mass is 32.1. The van der Waals surface area contributed by atoms with Crippen molar-refractivity contribution in [2.75, 3.05) is 7.11 Å². The van der Waals surface area contributed by atoms with E-state index < -0.39 is 22.7 Å². The van der Waals surface area contributed by atoms with Gasteiger partial charge in [-0.2, -0.15) is 0 Å². The first-order valence-electron chi connectivity index (χ1n) is 17.0. The molecule has 0 amide bonds. The number of fused-ring (bicyclic) bond motifs is 1. The molecule has 0 radical (unpaired) electrons. The van der Waals surface area contributed by atoms with Crippen molar-refractivity contribution in [1.29, 1.82) is 0 Å². The highest BCUT2D eigenvalue weighted by Crippen LogP contribution is 2.49. The van der Waals surface area contributed by atoms with Gasteiger partial charge >= 0.3 is 5.97 Å². The van der Waals surface area contributed by atoms with E-state index in [2.05, 4.69) is 98.1 Å². The lowest BCUT2D eigenvalue weighted by Gasteiger charge is -2.40. The number of rotatable bonds is 15. The van der Waals surface area contributed by atoms with E-state index in [0.717, 1.165) is 56.2 Å². The largest absolute Gasteiger partial charge is 0.469 e. The Kier molecular flexibility index (Phi) is 13.0. The zero-order valence-electron chi connectivity index (χ0n) is 29.6. The predicted molar refractivity (Wildman–Crippen MR) is 191 cm³/mol. The van der Waals surface area contributed by atoms with Gasteiger partial charge < -0.3 is 18.7 Å². The molecule has 1 aromatic carbocycles. The molecule has 8 heteroatoms. The molecule has 44 heavy (non-hydrogen) atoms. The van der Waals surface area contributed by atoms with Gasteiger partial charge in [-0.1, -0.05) is 79.0 Å². The summed E-state index contributed by atoms with van der Waals surface area (Å²) < 4.78 is 20.6. The molecule has 1 fully saturated rings. The van der Waals surface area contributed by atoms with Crippen LogP contribution in [0.4, 0.5) is 0 Å². The van der Waals surface area contributed by atoms with Crippen LogP contribution in [0.2, 0.25) is 36.3 Å². The maximum Gasteiger partial charge on any atom is 0.305 e. The second-order valence-electron chi connectivity index (χ2n) is 16.2. The van der Waals surface area contributed by atoms with Crippen molar-refractivity contribution < 1.29 is 23.5 Å². The van der Waals surface area contributed by atoms with E-state index in [0.29, 0.717) is 18.3 Å². The van der Waals surface area contributed by atoms with Crippen molar-refractivity contribution in [3.8, 4) is 0 Å². The summed E-state index contributed by atoms with van der Waals surface area (Å²) >= 11 is 1.71. The van der Waals surface area contributed by atoms with Crippen molar-refractivity contribution in [1.82, 2.24) is 0 Å². The summed E-state index contributed by atoms with van der Waals surface area (Å²) in [5.41, 5.74) is 0. The summed E-state index contributed by atoms with van der Waals surface area (Å²) in [6.45, 7) is 23.4. The van der Waals surface area contributed by atoms with Gasteiger partial charge in [-0.25, -0.2) is 0 Å². The maximum absolute atomic E-state index is 11.6. The SMILES string of the molecule is COC(=O)CCCCCC[C@H]1[C@@H](O[Si](C)(C)C(C)(C)C)CC(O[Si](C)(C)C(C)(C)C)[C@@H]1CCC(O)c1cc2ccccc2s1. The van der Waals surface area contributed by atoms with Crippen LogP contribution >= 0.6 is 11.3 Å². The Labute approximate surface area is 274 Å². The lowest BCUT2D eigenvalue weighted by Crippen LogP contribution is -2.45. The maximum atomic E-state index is 11.6. The van der Waals surface area contributed by atoms with E-state index >= 15 is 0 Å². The lowest BCUT2D eigenvalue weighted by molar-refractivity contribution is -0.140. The molecule has 1 aromatic heterocycles. The predicted octanol–water partition coefficient (Wildman–Crippen LogP) is 10.6. The number of carbonyl (C=O) groups excluding carboxylic acids is 1. The van der Waals surface area contributed by atoms with E-state index in [1.165, 1.54) is 17.2 Å². The molecule has 0 bridgehead atoms. The summed E-state index contributed by atoms with van der Waals surface area (Å²) in [5.74, 6) is 0.624. The van der Waals surface area contributed by atoms with Crippen molar-refractivity contribution in [3.63, 3.8) is 0 Å². The third kappa shape index (κ3) is 9.74. The Hall–Kier alpha value is -1.04. The Balaban J connectivity index is 1.84. The second kappa shape index (κ2) is 15.2. The van der Waals surface area contributed by atoms with Crippen LogP contribution in [0.1, 0.15) is 110 Å². The summed E-state index contributed by atoms with van der Waals surface area (Å²) in [6, 6.07) is 10.6. The first-order valence-corrected chi connectivity index (χ1v) is 23.6. The van der Waals surface area contributed by atoms with Crippen LogP contribution < -0.4 is 0 Å². The normalized spacial score (nSPS) is 22.5. The molecule has 250 valence electrons. The first kappa shape index (κ1) is 37.4. The van der Waals surface area contributed by atoms with E-state index in [1.54, 1.807) is 11.3 Å². The minimum Gasteiger partial charge on any atom is -0.469 e. The van der Waals surface area contributed by atoms with E-state index in [-0.39, 0.29) is 28.3 Å². The van der Waals surface area contributed by atoms with E-state index in [9.17, 15) is 9.90 Å². The highest BCUT2D eigenvalue weighted by Gasteiger charge is 2.51. The average molecular weight is 663 g/mol. The molecule has 0 spiro atoms. The van der Waals surface area contributed by atoms with Gasteiger partial charge in [0.25, 0.3) is 0 Å². The minimum atomic E-state index is -2.02. The van der Waals surface area contributed by atoms with Crippen molar-refractivity contribution in [2.24, 2.45) is 11.8 Å². The topological polar surface area (TPSA) is 65.0 Å². The van der Waals surface area contributed by atoms with Crippen LogP contribution in [-0.4, -0.2) is 47.0 Å². The summed E-state index contributed by atoms with van der Waals surface area (Å²) in [7, 11) is -2.56. The summed E-state index contributed by atoms with van der Waals surface area (Å²) in [4.78, 5) is 12.6. The molecule has 0 aliphatic heterocycles. The second-order valence-corrected chi connectivity index (χ2v) is 26.8. The van der Waals surface area contributed by atoms with Gasteiger partial charge in [-0.05, 0) is 97.7 Å². The molecular formula is C36H62O5SSi2. The summed E-state index contributed by atoms with van der Waals surface area (Å²) in [5, 5.41) is 12.9. The molecule has 1 aliphatic rings. The van der Waals surface area contributed by atoms with Gasteiger partial charge in [0.05, 0.1) is 25.4 Å². The molecule has 2 aromatic rings. The minimum absolute atomic E-state index is 0.119. The van der Waals surface area contributed by atoms with Crippen LogP contribution in [0, 0.1) is 11.8 Å². The number of hydrogen-bond acceptors (Lipinski definition) is 6. The van der Waals surface area contributed by atoms with Crippen LogP contribution in [0.3, 0.4) is 0 Å². The fraction of sp³-hybridized carbons (Fsp3) is 0.750. The van der Waals surface area contributed by atoms with E-state index in [1.807, 2.05) is 0 Å². The average Bonchev–Trinajstić information content (AvgIpc) is 3.48. The molecule has 3 rings (SSSR count). The number of benzene rings is 1. The van der Waals surface area contributed by atoms with Gasteiger partial charge in [-0.15, -0.1) is 11.3 Å². The number of esters is 1. The quantitative estimate of drug-likeness (QED) is 0.117. The number of methoxy groups -OCH3 is 1. The zero-order chi connectivity index (χ0) is 32.9. The molecule has 1 saturated carbocycles. The lowest BCUT2D eigenvalue weighted by atomic mass is 9.84. The molecule has 5 nitrogen and oxygen atoms in total. The van der Waals surface area contributed by atoms with Crippen LogP contribution in [0.5, 0.6) is 0 Å². The third-order valence-corrected chi connectivity index (χ3v) is 21.1. The smallest absolute Gasteiger partial charge is 0.305 e. The molecular weight excluding hydrogens is 601 g/mol. The summed E-state index contributed by atoms with van der Waals surface area (Å²) in [6.07, 6.45) is 8.17. The van der Waals surface area contributed by atoms with Crippen molar-refractivity contribution in [2.45, 2.75) is 154 Å². The molecule has 0 saturated heterocycles. The number of aliphatic hydroxyl groups is 1. The standard InChI is InChI=1S/C36H62O5SSi2/c1-35(2,3)43(8,9)40-30-25-31(41-44(10,11)36(4,5)6)28(27(30)19-14-12-13-15-21-34(38)39-7)22-23-29(37)33-24-26-18-16-17-20-32(26)42-33/h16-18,20,24,27-31,37H,12-15,19,21-23,25H2,1-11H3/t27-,28-,29?,30+,31?/m1/s1. The Morgan fingerprint density at radius 3 is 1.98 bits per heavy atom. The molecule has 1 heterocycles. The van der Waals surface area contributed by atoms with Gasteiger partial charge in [-0.3, -0.25) is 4.79 Å². The molecule has 5 atom stereocenters. The molecule has 2 unspecified atom stereocenters. The first-order chi connectivity index (χ1) is 20.4. The third-order valence-electron chi connectivity index (χ3n) is 10.9. The number of ether oxygens (including phenoxy) is 1. The number of carbonyl (C=O) groups is 1. The van der Waals surface area contributed by atoms with Crippen LogP contribution in [-0.2, 0) is 18.4 Å².